The maximum atomic E-state index is 12.5. The van der Waals surface area contributed by atoms with Crippen LogP contribution in [0.25, 0.3) is 0 Å². The van der Waals surface area contributed by atoms with Gasteiger partial charge < -0.3 is 4.74 Å². The van der Waals surface area contributed by atoms with Crippen molar-refractivity contribution < 1.29 is 22.7 Å². The Bertz CT molecular complexity index is 965. The summed E-state index contributed by atoms with van der Waals surface area (Å²) < 4.78 is 29.8. The van der Waals surface area contributed by atoms with Crippen molar-refractivity contribution in [2.75, 3.05) is 5.75 Å². The summed E-state index contributed by atoms with van der Waals surface area (Å²) in [6.07, 6.45) is -1.29. The molecule has 0 fully saturated rings. The highest BCUT2D eigenvalue weighted by Gasteiger charge is 2.23. The highest BCUT2D eigenvalue weighted by molar-refractivity contribution is 7.91. The maximum Gasteiger partial charge on any atom is 0.307 e. The molecule has 0 unspecified atom stereocenters. The van der Waals surface area contributed by atoms with Gasteiger partial charge in [0.05, 0.1) is 17.1 Å². The van der Waals surface area contributed by atoms with E-state index in [0.29, 0.717) is 5.56 Å². The quantitative estimate of drug-likeness (QED) is 0.497. The largest absolute Gasteiger partial charge is 0.454 e. The van der Waals surface area contributed by atoms with E-state index in [-0.39, 0.29) is 28.3 Å². The molecular weight excluding hydrogens is 388 g/mol. The Balaban J connectivity index is 1.94. The minimum Gasteiger partial charge on any atom is -0.454 e. The number of esters is 1. The third kappa shape index (κ3) is 6.26. The van der Waals surface area contributed by atoms with E-state index in [2.05, 4.69) is 20.8 Å². The van der Waals surface area contributed by atoms with Gasteiger partial charge in [0.25, 0.3) is 0 Å². The fourth-order valence-corrected chi connectivity index (χ4v) is 3.98. The molecule has 1 atom stereocenters. The average molecular weight is 417 g/mol. The molecule has 29 heavy (non-hydrogen) atoms. The van der Waals surface area contributed by atoms with Crippen LogP contribution in [-0.2, 0) is 24.8 Å². The molecule has 2 aromatic carbocycles. The molecule has 0 saturated carbocycles. The van der Waals surface area contributed by atoms with Crippen LogP contribution in [0.2, 0.25) is 0 Å². The van der Waals surface area contributed by atoms with E-state index in [4.69, 9.17) is 4.74 Å². The molecule has 0 aromatic heterocycles. The van der Waals surface area contributed by atoms with E-state index in [1.165, 1.54) is 19.1 Å². The topological polar surface area (TPSA) is 77.5 Å². The minimum atomic E-state index is -3.58. The third-order valence-corrected chi connectivity index (χ3v) is 6.40. The summed E-state index contributed by atoms with van der Waals surface area (Å²) in [5.41, 5.74) is 2.47. The van der Waals surface area contributed by atoms with Crippen LogP contribution in [0.4, 0.5) is 0 Å². The first-order valence-electron chi connectivity index (χ1n) is 9.54. The number of ketones is 1. The first-order chi connectivity index (χ1) is 13.4. The highest BCUT2D eigenvalue weighted by atomic mass is 32.2. The van der Waals surface area contributed by atoms with Gasteiger partial charge in [-0.2, -0.15) is 0 Å². The van der Waals surface area contributed by atoms with Gasteiger partial charge in [-0.15, -0.1) is 0 Å². The van der Waals surface area contributed by atoms with Crippen molar-refractivity contribution in [3.8, 4) is 0 Å². The molecule has 0 aliphatic heterocycles. The van der Waals surface area contributed by atoms with Gasteiger partial charge in [-0.1, -0.05) is 62.7 Å². The van der Waals surface area contributed by atoms with Crippen LogP contribution in [0.3, 0.4) is 0 Å². The second kappa shape index (κ2) is 8.91. The van der Waals surface area contributed by atoms with Crippen molar-refractivity contribution in [2.24, 2.45) is 0 Å². The molecule has 0 radical (unpaired) electrons. The Morgan fingerprint density at radius 3 is 2.03 bits per heavy atom. The molecule has 0 aliphatic rings. The zero-order valence-corrected chi connectivity index (χ0v) is 18.4. The Hall–Kier alpha value is -2.47. The lowest BCUT2D eigenvalue weighted by Crippen LogP contribution is -2.25. The fraction of sp³-hybridized carbons (Fsp3) is 0.391. The van der Waals surface area contributed by atoms with E-state index in [1.807, 2.05) is 19.1 Å². The average Bonchev–Trinajstić information content (AvgIpc) is 2.65. The van der Waals surface area contributed by atoms with Gasteiger partial charge in [-0.3, -0.25) is 9.59 Å². The van der Waals surface area contributed by atoms with Crippen molar-refractivity contribution in [3.05, 3.63) is 65.2 Å². The maximum absolute atomic E-state index is 12.5. The predicted molar refractivity (Wildman–Crippen MR) is 113 cm³/mol. The standard InChI is InChI=1S/C23H28O5S/c1-16-6-12-20(13-7-16)29(26,27)15-14-21(24)28-17(2)22(25)18-8-10-19(11-9-18)23(3,4)5/h6-13,17H,14-15H2,1-5H3/t17-/m0/s1. The summed E-state index contributed by atoms with van der Waals surface area (Å²) in [6, 6.07) is 13.6. The lowest BCUT2D eigenvalue weighted by Gasteiger charge is -2.19. The van der Waals surface area contributed by atoms with Crippen molar-refractivity contribution in [3.63, 3.8) is 0 Å². The monoisotopic (exact) mass is 416 g/mol. The predicted octanol–water partition coefficient (Wildman–Crippen LogP) is 4.27. The number of hydrogen-bond acceptors (Lipinski definition) is 5. The lowest BCUT2D eigenvalue weighted by atomic mass is 9.86. The molecule has 0 amide bonds. The van der Waals surface area contributed by atoms with Crippen molar-refractivity contribution in [1.82, 2.24) is 0 Å². The van der Waals surface area contributed by atoms with Gasteiger partial charge in [0.1, 0.15) is 0 Å². The van der Waals surface area contributed by atoms with Crippen LogP contribution in [0, 0.1) is 6.92 Å². The minimum absolute atomic E-state index is 0.0252. The number of rotatable bonds is 7. The molecule has 0 spiro atoms. The molecule has 2 rings (SSSR count). The Labute approximate surface area is 173 Å². The second-order valence-electron chi connectivity index (χ2n) is 8.21. The third-order valence-electron chi connectivity index (χ3n) is 4.67. The molecule has 0 aliphatic carbocycles. The van der Waals surface area contributed by atoms with Crippen LogP contribution in [0.1, 0.15) is 55.6 Å². The van der Waals surface area contributed by atoms with Crippen LogP contribution in [0.5, 0.6) is 0 Å². The van der Waals surface area contributed by atoms with Gasteiger partial charge in [0.15, 0.2) is 15.9 Å². The number of Topliss-reactive ketones (excluding diaryl/α,β-unsaturated/α-hetero) is 1. The SMILES string of the molecule is Cc1ccc(S(=O)(=O)CCC(=O)O[C@@H](C)C(=O)c2ccc(C(C)(C)C)cc2)cc1. The van der Waals surface area contributed by atoms with Gasteiger partial charge in [0.2, 0.25) is 5.78 Å². The highest BCUT2D eigenvalue weighted by Crippen LogP contribution is 2.22. The number of benzene rings is 2. The van der Waals surface area contributed by atoms with E-state index in [1.54, 1.807) is 24.3 Å². The number of sulfone groups is 1. The zero-order chi connectivity index (χ0) is 21.8. The molecule has 6 heteroatoms. The van der Waals surface area contributed by atoms with Gasteiger partial charge in [0, 0.05) is 5.56 Å². The Kier molecular flexibility index (Phi) is 7.01. The zero-order valence-electron chi connectivity index (χ0n) is 17.6. The van der Waals surface area contributed by atoms with Crippen LogP contribution in [-0.4, -0.2) is 32.0 Å². The Morgan fingerprint density at radius 1 is 0.966 bits per heavy atom. The van der Waals surface area contributed by atoms with E-state index < -0.39 is 21.9 Å². The normalized spacial score (nSPS) is 13.0. The van der Waals surface area contributed by atoms with Gasteiger partial charge in [-0.05, 0) is 37.0 Å². The van der Waals surface area contributed by atoms with E-state index >= 15 is 0 Å². The van der Waals surface area contributed by atoms with Crippen LogP contribution in [0.15, 0.2) is 53.4 Å². The smallest absolute Gasteiger partial charge is 0.307 e. The van der Waals surface area contributed by atoms with E-state index in [0.717, 1.165) is 11.1 Å². The second-order valence-corrected chi connectivity index (χ2v) is 10.3. The lowest BCUT2D eigenvalue weighted by molar-refractivity contribution is -0.145. The molecule has 156 valence electrons. The molecule has 0 N–H and O–H groups in total. The summed E-state index contributed by atoms with van der Waals surface area (Å²) in [5, 5.41) is 0. The molecular formula is C23H28O5S. The number of carbonyl (C=O) groups excluding carboxylic acids is 2. The number of aryl methyl sites for hydroxylation is 1. The molecule has 0 heterocycles. The summed E-state index contributed by atoms with van der Waals surface area (Å²) in [5.74, 6) is -1.40. The van der Waals surface area contributed by atoms with Gasteiger partial charge in [-0.25, -0.2) is 8.42 Å². The number of carbonyl (C=O) groups is 2. The van der Waals surface area contributed by atoms with Crippen molar-refractivity contribution in [2.45, 2.75) is 57.5 Å². The Morgan fingerprint density at radius 2 is 1.52 bits per heavy atom. The fourth-order valence-electron chi connectivity index (χ4n) is 2.76. The summed E-state index contributed by atoms with van der Waals surface area (Å²) in [4.78, 5) is 24.7. The molecule has 0 saturated heterocycles. The van der Waals surface area contributed by atoms with Crippen LogP contribution >= 0.6 is 0 Å². The van der Waals surface area contributed by atoms with Crippen LogP contribution < -0.4 is 0 Å². The van der Waals surface area contributed by atoms with Crippen molar-refractivity contribution in [1.29, 1.82) is 0 Å². The summed E-state index contributed by atoms with van der Waals surface area (Å²) in [7, 11) is -3.58. The number of hydrogen-bond donors (Lipinski definition) is 0. The first kappa shape index (κ1) is 22.8. The summed E-state index contributed by atoms with van der Waals surface area (Å²) >= 11 is 0. The number of ether oxygens (including phenoxy) is 1. The molecule has 2 aromatic rings. The molecule has 5 nitrogen and oxygen atoms in total. The first-order valence-corrected chi connectivity index (χ1v) is 11.2. The molecule has 0 bridgehead atoms. The van der Waals surface area contributed by atoms with E-state index in [9.17, 15) is 18.0 Å². The van der Waals surface area contributed by atoms with Crippen molar-refractivity contribution >= 4 is 21.6 Å². The summed E-state index contributed by atoms with van der Waals surface area (Å²) in [6.45, 7) is 9.60. The van der Waals surface area contributed by atoms with Gasteiger partial charge >= 0.3 is 5.97 Å².